The SMILES string of the molecule is COC(=O)c1c(NC(=O)C2=C(C)C(=O)OC23CCCCC3)sc(C)c1C. The van der Waals surface area contributed by atoms with Crippen LogP contribution in [0.1, 0.15) is 59.8 Å². The average Bonchev–Trinajstić information content (AvgIpc) is 3.01. The zero-order chi connectivity index (χ0) is 19.1. The quantitative estimate of drug-likeness (QED) is 0.813. The molecule has 0 saturated heterocycles. The summed E-state index contributed by atoms with van der Waals surface area (Å²) < 4.78 is 10.5. The van der Waals surface area contributed by atoms with Crippen LogP contribution in [0.25, 0.3) is 0 Å². The topological polar surface area (TPSA) is 81.7 Å². The first-order valence-corrected chi connectivity index (χ1v) is 9.56. The summed E-state index contributed by atoms with van der Waals surface area (Å²) in [7, 11) is 1.31. The van der Waals surface area contributed by atoms with Crippen molar-refractivity contribution in [2.75, 3.05) is 12.4 Å². The molecule has 0 bridgehead atoms. The van der Waals surface area contributed by atoms with Crippen LogP contribution in [-0.2, 0) is 19.1 Å². The largest absolute Gasteiger partial charge is 0.465 e. The van der Waals surface area contributed by atoms with Crippen molar-refractivity contribution in [2.24, 2.45) is 0 Å². The van der Waals surface area contributed by atoms with Gasteiger partial charge in [-0.05, 0) is 52.0 Å². The Morgan fingerprint density at radius 3 is 2.42 bits per heavy atom. The number of nitrogens with one attached hydrogen (secondary N) is 1. The van der Waals surface area contributed by atoms with E-state index in [1.54, 1.807) is 6.92 Å². The highest BCUT2D eigenvalue weighted by Gasteiger charge is 2.49. The number of esters is 2. The number of anilines is 1. The van der Waals surface area contributed by atoms with Crippen LogP contribution in [0.2, 0.25) is 0 Å². The molecular weight excluding hydrogens is 354 g/mol. The Labute approximate surface area is 156 Å². The van der Waals surface area contributed by atoms with Crippen LogP contribution in [0.15, 0.2) is 11.1 Å². The standard InChI is InChI=1S/C19H23NO5S/c1-10-12(3)26-16(13(10)18(23)24-4)20-15(21)14-11(2)17(22)25-19(14)8-6-5-7-9-19/h5-9H2,1-4H3,(H,20,21). The van der Waals surface area contributed by atoms with Crippen LogP contribution in [0.5, 0.6) is 0 Å². The molecule has 6 nitrogen and oxygen atoms in total. The van der Waals surface area contributed by atoms with Crippen LogP contribution >= 0.6 is 11.3 Å². The van der Waals surface area contributed by atoms with Gasteiger partial charge in [0.1, 0.15) is 10.6 Å². The fourth-order valence-electron chi connectivity index (χ4n) is 3.83. The first kappa shape index (κ1) is 18.6. The normalized spacial score (nSPS) is 18.8. The van der Waals surface area contributed by atoms with Gasteiger partial charge in [-0.3, -0.25) is 4.79 Å². The van der Waals surface area contributed by atoms with Gasteiger partial charge in [-0.25, -0.2) is 9.59 Å². The summed E-state index contributed by atoms with van der Waals surface area (Å²) >= 11 is 1.33. The first-order valence-electron chi connectivity index (χ1n) is 8.75. The Hall–Kier alpha value is -2.15. The molecule has 2 aliphatic rings. The third-order valence-electron chi connectivity index (χ3n) is 5.32. The fraction of sp³-hybridized carbons (Fsp3) is 0.526. The number of thiophene rings is 1. The minimum atomic E-state index is -0.823. The summed E-state index contributed by atoms with van der Waals surface area (Å²) in [5.74, 6) is -1.29. The molecule has 2 heterocycles. The van der Waals surface area contributed by atoms with Crippen molar-refractivity contribution in [2.45, 2.75) is 58.5 Å². The van der Waals surface area contributed by atoms with Gasteiger partial charge in [0.05, 0.1) is 18.2 Å². The van der Waals surface area contributed by atoms with Crippen molar-refractivity contribution in [3.63, 3.8) is 0 Å². The molecule has 0 aromatic carbocycles. The van der Waals surface area contributed by atoms with E-state index in [0.717, 1.165) is 29.7 Å². The minimum Gasteiger partial charge on any atom is -0.465 e. The number of aryl methyl sites for hydroxylation is 1. The molecule has 1 aliphatic carbocycles. The summed E-state index contributed by atoms with van der Waals surface area (Å²) in [6, 6.07) is 0. The van der Waals surface area contributed by atoms with Gasteiger partial charge in [-0.15, -0.1) is 11.3 Å². The summed E-state index contributed by atoms with van der Waals surface area (Å²) in [4.78, 5) is 38.3. The monoisotopic (exact) mass is 377 g/mol. The summed E-state index contributed by atoms with van der Waals surface area (Å²) in [5, 5.41) is 3.29. The molecule has 1 aliphatic heterocycles. The second kappa shape index (κ2) is 6.87. The fourth-order valence-corrected chi connectivity index (χ4v) is 4.87. The molecule has 3 rings (SSSR count). The lowest BCUT2D eigenvalue weighted by Gasteiger charge is -2.33. The molecule has 0 radical (unpaired) electrons. The van der Waals surface area contributed by atoms with E-state index >= 15 is 0 Å². The number of methoxy groups -OCH3 is 1. The third kappa shape index (κ3) is 2.94. The van der Waals surface area contributed by atoms with Crippen LogP contribution in [0.4, 0.5) is 5.00 Å². The van der Waals surface area contributed by atoms with Gasteiger partial charge in [0.15, 0.2) is 0 Å². The Morgan fingerprint density at radius 1 is 1.15 bits per heavy atom. The van der Waals surface area contributed by atoms with Gasteiger partial charge in [-0.1, -0.05) is 6.42 Å². The second-order valence-corrected chi connectivity index (χ2v) is 8.10. The van der Waals surface area contributed by atoms with Crippen molar-refractivity contribution < 1.29 is 23.9 Å². The van der Waals surface area contributed by atoms with Crippen LogP contribution < -0.4 is 5.32 Å². The van der Waals surface area contributed by atoms with Crippen LogP contribution in [0.3, 0.4) is 0 Å². The molecule has 140 valence electrons. The molecule has 1 amide bonds. The van der Waals surface area contributed by atoms with Gasteiger partial charge in [0.25, 0.3) is 5.91 Å². The summed E-state index contributed by atoms with van der Waals surface area (Å²) in [6.07, 6.45) is 4.23. The Balaban J connectivity index is 1.96. The number of amides is 1. The molecule has 1 aromatic rings. The van der Waals surface area contributed by atoms with Crippen molar-refractivity contribution in [1.29, 1.82) is 0 Å². The molecule has 26 heavy (non-hydrogen) atoms. The third-order valence-corrected chi connectivity index (χ3v) is 6.44. The number of hydrogen-bond donors (Lipinski definition) is 1. The maximum Gasteiger partial charge on any atom is 0.341 e. The second-order valence-electron chi connectivity index (χ2n) is 6.88. The lowest BCUT2D eigenvalue weighted by molar-refractivity contribution is -0.149. The average molecular weight is 377 g/mol. The first-order chi connectivity index (χ1) is 12.3. The van der Waals surface area contributed by atoms with Crippen molar-refractivity contribution in [1.82, 2.24) is 0 Å². The summed E-state index contributed by atoms with van der Waals surface area (Å²) in [5.41, 5.74) is 1.09. The molecule has 1 aromatic heterocycles. The smallest absolute Gasteiger partial charge is 0.341 e. The van der Waals surface area contributed by atoms with E-state index in [9.17, 15) is 14.4 Å². The lowest BCUT2D eigenvalue weighted by atomic mass is 9.78. The van der Waals surface area contributed by atoms with Gasteiger partial charge >= 0.3 is 11.9 Å². The van der Waals surface area contributed by atoms with E-state index in [0.29, 0.717) is 34.6 Å². The molecule has 1 fully saturated rings. The zero-order valence-corrected chi connectivity index (χ0v) is 16.3. The maximum atomic E-state index is 13.1. The van der Waals surface area contributed by atoms with Gasteiger partial charge < -0.3 is 14.8 Å². The molecule has 7 heteroatoms. The highest BCUT2D eigenvalue weighted by atomic mass is 32.1. The summed E-state index contributed by atoms with van der Waals surface area (Å²) in [6.45, 7) is 5.34. The van der Waals surface area contributed by atoms with E-state index in [-0.39, 0.29) is 5.91 Å². The predicted molar refractivity (Wildman–Crippen MR) is 98.4 cm³/mol. The Kier molecular flexibility index (Phi) is 4.92. The van der Waals surface area contributed by atoms with E-state index < -0.39 is 17.5 Å². The van der Waals surface area contributed by atoms with E-state index in [1.807, 2.05) is 13.8 Å². The molecule has 1 saturated carbocycles. The number of ether oxygens (including phenoxy) is 2. The molecule has 1 spiro atoms. The van der Waals surface area contributed by atoms with E-state index in [2.05, 4.69) is 5.32 Å². The number of rotatable bonds is 3. The van der Waals surface area contributed by atoms with E-state index in [4.69, 9.17) is 9.47 Å². The minimum absolute atomic E-state index is 0.356. The lowest BCUT2D eigenvalue weighted by Crippen LogP contribution is -2.39. The maximum absolute atomic E-state index is 13.1. The van der Waals surface area contributed by atoms with Crippen LogP contribution in [-0.4, -0.2) is 30.6 Å². The number of carbonyl (C=O) groups is 3. The van der Waals surface area contributed by atoms with Crippen molar-refractivity contribution in [3.05, 3.63) is 27.2 Å². The molecular formula is C19H23NO5S. The van der Waals surface area contributed by atoms with Gasteiger partial charge in [0.2, 0.25) is 0 Å². The molecule has 0 unspecified atom stereocenters. The molecule has 0 atom stereocenters. The van der Waals surface area contributed by atoms with Crippen molar-refractivity contribution >= 4 is 34.2 Å². The number of carbonyl (C=O) groups excluding carboxylic acids is 3. The Bertz CT molecular complexity index is 814. The highest BCUT2D eigenvalue weighted by Crippen LogP contribution is 2.44. The Morgan fingerprint density at radius 2 is 1.81 bits per heavy atom. The van der Waals surface area contributed by atoms with Gasteiger partial charge in [0, 0.05) is 10.5 Å². The van der Waals surface area contributed by atoms with Crippen molar-refractivity contribution in [3.8, 4) is 0 Å². The molecule has 1 N–H and O–H groups in total. The van der Waals surface area contributed by atoms with Gasteiger partial charge in [-0.2, -0.15) is 0 Å². The number of hydrogen-bond acceptors (Lipinski definition) is 6. The van der Waals surface area contributed by atoms with E-state index in [1.165, 1.54) is 18.4 Å². The zero-order valence-electron chi connectivity index (χ0n) is 15.5. The highest BCUT2D eigenvalue weighted by molar-refractivity contribution is 7.16. The van der Waals surface area contributed by atoms with Crippen LogP contribution in [0, 0.1) is 13.8 Å². The predicted octanol–water partition coefficient (Wildman–Crippen LogP) is 3.67.